The van der Waals surface area contributed by atoms with E-state index in [1.54, 1.807) is 11.3 Å². The molecule has 0 radical (unpaired) electrons. The lowest BCUT2D eigenvalue weighted by Crippen LogP contribution is -2.15. The molecule has 0 fully saturated rings. The molecule has 0 amide bonds. The molecule has 26 heavy (non-hydrogen) atoms. The minimum absolute atomic E-state index is 0.0313. The largest absolute Gasteiger partial charge is 0.486 e. The SMILES string of the molecule is O=c1[nH]c(C=Cc2ccc3c(c2)OCCO3)nc2sc3c(c12)CCCC3. The van der Waals surface area contributed by atoms with Gasteiger partial charge >= 0.3 is 0 Å². The minimum Gasteiger partial charge on any atom is -0.486 e. The molecule has 5 rings (SSSR count). The van der Waals surface area contributed by atoms with E-state index in [9.17, 15) is 4.79 Å². The molecule has 5 nitrogen and oxygen atoms in total. The van der Waals surface area contributed by atoms with Gasteiger partial charge in [0.15, 0.2) is 11.5 Å². The molecular weight excluding hydrogens is 348 g/mol. The second kappa shape index (κ2) is 6.29. The van der Waals surface area contributed by atoms with Crippen LogP contribution in [0.3, 0.4) is 0 Å². The number of aryl methyl sites for hydroxylation is 2. The number of aromatic amines is 1. The number of H-pyrrole nitrogens is 1. The number of fused-ring (bicyclic) bond motifs is 4. The standard InChI is InChI=1S/C20H18N2O3S/c23-19-18-13-3-1-2-4-16(13)26-20(18)22-17(21-19)8-6-12-5-7-14-15(11-12)25-10-9-24-14/h5-8,11H,1-4,9-10H2,(H,21,22,23). The van der Waals surface area contributed by atoms with Crippen molar-refractivity contribution in [2.45, 2.75) is 25.7 Å². The van der Waals surface area contributed by atoms with Gasteiger partial charge in [0.1, 0.15) is 23.9 Å². The third-order valence-electron chi connectivity index (χ3n) is 4.84. The number of nitrogens with one attached hydrogen (secondary N) is 1. The number of ether oxygens (including phenoxy) is 2. The van der Waals surface area contributed by atoms with Crippen LogP contribution < -0.4 is 15.0 Å². The summed E-state index contributed by atoms with van der Waals surface area (Å²) in [6, 6.07) is 5.80. The van der Waals surface area contributed by atoms with E-state index in [1.807, 2.05) is 30.4 Å². The van der Waals surface area contributed by atoms with Crippen molar-refractivity contribution in [1.29, 1.82) is 0 Å². The maximum absolute atomic E-state index is 12.6. The Morgan fingerprint density at radius 3 is 2.85 bits per heavy atom. The first kappa shape index (κ1) is 15.6. The van der Waals surface area contributed by atoms with Gasteiger partial charge in [0.25, 0.3) is 5.56 Å². The van der Waals surface area contributed by atoms with Crippen LogP contribution in [0.15, 0.2) is 23.0 Å². The fraction of sp³-hybridized carbons (Fsp3) is 0.300. The fourth-order valence-corrected chi connectivity index (χ4v) is 4.87. The number of hydrogen-bond acceptors (Lipinski definition) is 5. The van der Waals surface area contributed by atoms with E-state index in [4.69, 9.17) is 9.47 Å². The Hall–Kier alpha value is -2.60. The van der Waals surface area contributed by atoms with Crippen molar-refractivity contribution in [3.63, 3.8) is 0 Å². The predicted octanol–water partition coefficient (Wildman–Crippen LogP) is 3.81. The van der Waals surface area contributed by atoms with Gasteiger partial charge < -0.3 is 14.5 Å². The highest BCUT2D eigenvalue weighted by atomic mass is 32.1. The van der Waals surface area contributed by atoms with Crippen LogP contribution in [0, 0.1) is 0 Å². The molecule has 0 bridgehead atoms. The molecule has 3 heterocycles. The van der Waals surface area contributed by atoms with Crippen molar-refractivity contribution in [1.82, 2.24) is 9.97 Å². The zero-order chi connectivity index (χ0) is 17.5. The van der Waals surface area contributed by atoms with Crippen LogP contribution in [-0.4, -0.2) is 23.2 Å². The maximum Gasteiger partial charge on any atom is 0.260 e. The van der Waals surface area contributed by atoms with Crippen LogP contribution in [0.1, 0.15) is 34.7 Å². The lowest BCUT2D eigenvalue weighted by molar-refractivity contribution is 0.171. The average molecular weight is 366 g/mol. The molecule has 1 N–H and O–H groups in total. The van der Waals surface area contributed by atoms with E-state index in [0.29, 0.717) is 19.0 Å². The first-order chi connectivity index (χ1) is 12.8. The van der Waals surface area contributed by atoms with Gasteiger partial charge in [-0.1, -0.05) is 12.1 Å². The normalized spacial score (nSPS) is 16.2. The fourth-order valence-electron chi connectivity index (χ4n) is 3.60. The van der Waals surface area contributed by atoms with Crippen LogP contribution in [0.5, 0.6) is 11.5 Å². The minimum atomic E-state index is -0.0313. The highest BCUT2D eigenvalue weighted by molar-refractivity contribution is 7.18. The second-order valence-corrected chi connectivity index (χ2v) is 7.66. The average Bonchev–Trinajstić information content (AvgIpc) is 3.05. The topological polar surface area (TPSA) is 64.2 Å². The smallest absolute Gasteiger partial charge is 0.260 e. The van der Waals surface area contributed by atoms with E-state index in [2.05, 4.69) is 9.97 Å². The summed E-state index contributed by atoms with van der Waals surface area (Å²) < 4.78 is 11.1. The molecule has 2 aliphatic rings. The van der Waals surface area contributed by atoms with Gasteiger partial charge in [-0.25, -0.2) is 4.98 Å². The number of thiophene rings is 1. The summed E-state index contributed by atoms with van der Waals surface area (Å²) in [6.45, 7) is 1.15. The van der Waals surface area contributed by atoms with Crippen LogP contribution in [0.2, 0.25) is 0 Å². The summed E-state index contributed by atoms with van der Waals surface area (Å²) in [5, 5.41) is 0.793. The Labute approximate surface area is 154 Å². The van der Waals surface area contributed by atoms with Crippen molar-refractivity contribution >= 4 is 33.7 Å². The van der Waals surface area contributed by atoms with Gasteiger partial charge in [0, 0.05) is 4.88 Å². The van der Waals surface area contributed by atoms with Crippen molar-refractivity contribution < 1.29 is 9.47 Å². The van der Waals surface area contributed by atoms with Crippen LogP contribution in [0.25, 0.3) is 22.4 Å². The lowest BCUT2D eigenvalue weighted by Gasteiger charge is -2.18. The summed E-state index contributed by atoms with van der Waals surface area (Å²) in [5.41, 5.74) is 2.16. The Kier molecular flexibility index (Phi) is 3.78. The molecule has 0 atom stereocenters. The highest BCUT2D eigenvalue weighted by Gasteiger charge is 2.19. The molecule has 1 aliphatic heterocycles. The second-order valence-electron chi connectivity index (χ2n) is 6.58. The molecule has 6 heteroatoms. The summed E-state index contributed by atoms with van der Waals surface area (Å²) in [5.74, 6) is 2.10. The molecule has 0 saturated carbocycles. The van der Waals surface area contributed by atoms with E-state index in [1.165, 1.54) is 16.9 Å². The van der Waals surface area contributed by atoms with Gasteiger partial charge in [0.05, 0.1) is 5.39 Å². The Morgan fingerprint density at radius 2 is 1.92 bits per heavy atom. The molecule has 2 aromatic heterocycles. The number of hydrogen-bond donors (Lipinski definition) is 1. The predicted molar refractivity (Wildman–Crippen MR) is 103 cm³/mol. The van der Waals surface area contributed by atoms with Crippen LogP contribution in [0.4, 0.5) is 0 Å². The van der Waals surface area contributed by atoms with E-state index in [-0.39, 0.29) is 5.56 Å². The molecule has 132 valence electrons. The highest BCUT2D eigenvalue weighted by Crippen LogP contribution is 2.34. The summed E-state index contributed by atoms with van der Waals surface area (Å²) in [7, 11) is 0. The van der Waals surface area contributed by atoms with Gasteiger partial charge in [0.2, 0.25) is 0 Å². The zero-order valence-corrected chi connectivity index (χ0v) is 15.0. The number of benzene rings is 1. The Bertz CT molecular complexity index is 1080. The number of aromatic nitrogens is 2. The third kappa shape index (κ3) is 2.70. The van der Waals surface area contributed by atoms with E-state index in [0.717, 1.165) is 46.5 Å². The zero-order valence-electron chi connectivity index (χ0n) is 14.2. The van der Waals surface area contributed by atoms with Crippen molar-refractivity contribution in [2.24, 2.45) is 0 Å². The Morgan fingerprint density at radius 1 is 1.08 bits per heavy atom. The number of nitrogens with zero attached hydrogens (tertiary/aromatic N) is 1. The molecular formula is C20H18N2O3S. The van der Waals surface area contributed by atoms with E-state index < -0.39 is 0 Å². The van der Waals surface area contributed by atoms with Gasteiger partial charge in [-0.3, -0.25) is 4.79 Å². The Balaban J connectivity index is 1.49. The van der Waals surface area contributed by atoms with Crippen LogP contribution in [-0.2, 0) is 12.8 Å². The van der Waals surface area contributed by atoms with Crippen molar-refractivity contribution in [3.8, 4) is 11.5 Å². The van der Waals surface area contributed by atoms with Gasteiger partial charge in [-0.2, -0.15) is 0 Å². The summed E-state index contributed by atoms with van der Waals surface area (Å²) in [6.07, 6.45) is 8.18. The third-order valence-corrected chi connectivity index (χ3v) is 6.03. The maximum atomic E-state index is 12.6. The molecule has 1 aromatic carbocycles. The summed E-state index contributed by atoms with van der Waals surface area (Å²) >= 11 is 1.67. The molecule has 0 unspecified atom stereocenters. The first-order valence-electron chi connectivity index (χ1n) is 8.90. The van der Waals surface area contributed by atoms with Crippen molar-refractivity contribution in [2.75, 3.05) is 13.2 Å². The van der Waals surface area contributed by atoms with Gasteiger partial charge in [-0.15, -0.1) is 11.3 Å². The van der Waals surface area contributed by atoms with Crippen molar-refractivity contribution in [3.05, 3.63) is 50.4 Å². The first-order valence-corrected chi connectivity index (χ1v) is 9.72. The molecule has 1 aliphatic carbocycles. The summed E-state index contributed by atoms with van der Waals surface area (Å²) in [4.78, 5) is 22.3. The molecule has 3 aromatic rings. The van der Waals surface area contributed by atoms with Gasteiger partial charge in [-0.05, 0) is 55.0 Å². The quantitative estimate of drug-likeness (QED) is 0.749. The molecule has 0 spiro atoms. The lowest BCUT2D eigenvalue weighted by atomic mass is 9.97. The van der Waals surface area contributed by atoms with E-state index >= 15 is 0 Å². The number of rotatable bonds is 2. The monoisotopic (exact) mass is 366 g/mol. The van der Waals surface area contributed by atoms with Crippen LogP contribution >= 0.6 is 11.3 Å². The molecule has 0 saturated heterocycles.